The molecule has 7 heteroatoms. The van der Waals surface area contributed by atoms with E-state index in [4.69, 9.17) is 17.3 Å². The van der Waals surface area contributed by atoms with E-state index in [0.717, 1.165) is 30.6 Å². The molecule has 0 radical (unpaired) electrons. The van der Waals surface area contributed by atoms with E-state index in [1.54, 1.807) is 11.0 Å². The number of hydrogen-bond donors (Lipinski definition) is 1. The monoisotopic (exact) mass is 305 g/mol. The first-order valence-corrected chi connectivity index (χ1v) is 7.20. The molecule has 0 unspecified atom stereocenters. The summed E-state index contributed by atoms with van der Waals surface area (Å²) >= 11 is 6.11. The predicted octanol–water partition coefficient (Wildman–Crippen LogP) is 1.37. The van der Waals surface area contributed by atoms with Crippen LogP contribution in [0.1, 0.15) is 18.4 Å². The van der Waals surface area contributed by atoms with E-state index in [1.165, 1.54) is 6.33 Å². The molecule has 1 amide bonds. The second kappa shape index (κ2) is 5.83. The van der Waals surface area contributed by atoms with Crippen molar-refractivity contribution in [3.63, 3.8) is 0 Å². The second-order valence-corrected chi connectivity index (χ2v) is 5.58. The van der Waals surface area contributed by atoms with Crippen LogP contribution in [0.4, 0.5) is 0 Å². The fraction of sp³-hybridized carbons (Fsp3) is 0.357. The summed E-state index contributed by atoms with van der Waals surface area (Å²) < 4.78 is 1.70. The highest BCUT2D eigenvalue weighted by Gasteiger charge is 2.29. The van der Waals surface area contributed by atoms with Gasteiger partial charge in [-0.15, -0.1) is 0 Å². The molecule has 1 aliphatic heterocycles. The average Bonchev–Trinajstić information content (AvgIpc) is 3.09. The number of primary amides is 1. The van der Waals surface area contributed by atoms with Gasteiger partial charge in [0.25, 0.3) is 0 Å². The van der Waals surface area contributed by atoms with Gasteiger partial charge in [0, 0.05) is 11.6 Å². The predicted molar refractivity (Wildman–Crippen MR) is 79.0 cm³/mol. The number of rotatable bonds is 4. The first-order chi connectivity index (χ1) is 10.1. The summed E-state index contributed by atoms with van der Waals surface area (Å²) in [5.74, 6) is -0.267. The van der Waals surface area contributed by atoms with Crippen LogP contribution in [-0.4, -0.2) is 38.2 Å². The molecular weight excluding hydrogens is 290 g/mol. The molecule has 1 aromatic carbocycles. The van der Waals surface area contributed by atoms with Crippen molar-refractivity contribution in [3.05, 3.63) is 41.4 Å². The molecule has 2 N–H and O–H groups in total. The Kier molecular flexibility index (Phi) is 3.90. The molecule has 21 heavy (non-hydrogen) atoms. The van der Waals surface area contributed by atoms with Crippen LogP contribution in [0, 0.1) is 0 Å². The molecule has 2 heterocycles. The lowest BCUT2D eigenvalue weighted by Gasteiger charge is -2.23. The highest BCUT2D eigenvalue weighted by atomic mass is 35.5. The molecule has 2 aromatic rings. The van der Waals surface area contributed by atoms with Gasteiger partial charge in [0.05, 0.1) is 11.7 Å². The number of halogens is 1. The maximum atomic E-state index is 11.5. The molecular formula is C14H16ClN5O. The van der Waals surface area contributed by atoms with Gasteiger partial charge in [-0.05, 0) is 43.1 Å². The molecule has 110 valence electrons. The molecule has 1 saturated heterocycles. The largest absolute Gasteiger partial charge is 0.368 e. The lowest BCUT2D eigenvalue weighted by molar-refractivity contribution is -0.122. The summed E-state index contributed by atoms with van der Waals surface area (Å²) in [4.78, 5) is 17.6. The molecule has 1 fully saturated rings. The third-order valence-corrected chi connectivity index (χ3v) is 4.01. The number of likely N-dealkylation sites (tertiary alicyclic amines) is 1. The summed E-state index contributed by atoms with van der Waals surface area (Å²) in [6.07, 6.45) is 4.92. The number of carbonyl (C=O) groups is 1. The van der Waals surface area contributed by atoms with Gasteiger partial charge in [0.1, 0.15) is 12.7 Å². The Labute approximate surface area is 127 Å². The van der Waals surface area contributed by atoms with Gasteiger partial charge in [-0.2, -0.15) is 5.10 Å². The Morgan fingerprint density at radius 3 is 3.05 bits per heavy atom. The Morgan fingerprint density at radius 1 is 1.48 bits per heavy atom. The van der Waals surface area contributed by atoms with Crippen molar-refractivity contribution in [2.75, 3.05) is 6.54 Å². The van der Waals surface area contributed by atoms with Gasteiger partial charge in [-0.25, -0.2) is 9.67 Å². The zero-order valence-electron chi connectivity index (χ0n) is 11.4. The van der Waals surface area contributed by atoms with E-state index in [2.05, 4.69) is 15.0 Å². The lowest BCUT2D eigenvalue weighted by Crippen LogP contribution is -2.39. The van der Waals surface area contributed by atoms with E-state index in [0.29, 0.717) is 11.6 Å². The molecule has 3 rings (SSSR count). The fourth-order valence-corrected chi connectivity index (χ4v) is 2.99. The smallest absolute Gasteiger partial charge is 0.234 e. The van der Waals surface area contributed by atoms with Gasteiger partial charge in [-0.3, -0.25) is 9.69 Å². The summed E-state index contributed by atoms with van der Waals surface area (Å²) in [6.45, 7) is 1.47. The van der Waals surface area contributed by atoms with Crippen molar-refractivity contribution in [1.29, 1.82) is 0 Å². The van der Waals surface area contributed by atoms with Crippen LogP contribution in [0.15, 0.2) is 30.9 Å². The third-order valence-electron chi connectivity index (χ3n) is 3.77. The van der Waals surface area contributed by atoms with Gasteiger partial charge in [0.2, 0.25) is 5.91 Å². The molecule has 1 aliphatic rings. The van der Waals surface area contributed by atoms with Crippen molar-refractivity contribution in [3.8, 4) is 5.69 Å². The van der Waals surface area contributed by atoms with Crippen molar-refractivity contribution < 1.29 is 4.79 Å². The number of carbonyl (C=O) groups excluding carboxylic acids is 1. The summed E-state index contributed by atoms with van der Waals surface area (Å²) in [6, 6.07) is 5.42. The number of aromatic nitrogens is 3. The molecule has 1 atom stereocenters. The summed E-state index contributed by atoms with van der Waals surface area (Å²) in [7, 11) is 0. The maximum absolute atomic E-state index is 11.5. The first-order valence-electron chi connectivity index (χ1n) is 6.82. The second-order valence-electron chi connectivity index (χ2n) is 5.14. The minimum absolute atomic E-state index is 0.201. The Hall–Kier alpha value is -1.92. The Bertz CT molecular complexity index is 643. The first kappa shape index (κ1) is 14.0. The quantitative estimate of drug-likeness (QED) is 0.925. The van der Waals surface area contributed by atoms with E-state index in [1.807, 2.05) is 18.2 Å². The minimum atomic E-state index is -0.267. The Balaban J connectivity index is 1.91. The molecule has 0 bridgehead atoms. The number of benzene rings is 1. The molecule has 0 spiro atoms. The van der Waals surface area contributed by atoms with Crippen LogP contribution in [-0.2, 0) is 11.3 Å². The van der Waals surface area contributed by atoms with E-state index in [9.17, 15) is 4.79 Å². The average molecular weight is 306 g/mol. The third kappa shape index (κ3) is 2.91. The number of nitrogens with zero attached hydrogens (tertiary/aromatic N) is 4. The van der Waals surface area contributed by atoms with Gasteiger partial charge in [-0.1, -0.05) is 11.6 Å². The zero-order chi connectivity index (χ0) is 14.8. The normalized spacial score (nSPS) is 19.0. The van der Waals surface area contributed by atoms with Crippen LogP contribution >= 0.6 is 11.6 Å². The number of hydrogen-bond acceptors (Lipinski definition) is 4. The van der Waals surface area contributed by atoms with E-state index in [-0.39, 0.29) is 11.9 Å². The van der Waals surface area contributed by atoms with Gasteiger partial charge < -0.3 is 5.73 Å². The van der Waals surface area contributed by atoms with Crippen LogP contribution < -0.4 is 5.73 Å². The van der Waals surface area contributed by atoms with E-state index >= 15 is 0 Å². The van der Waals surface area contributed by atoms with Gasteiger partial charge >= 0.3 is 0 Å². The maximum Gasteiger partial charge on any atom is 0.234 e. The van der Waals surface area contributed by atoms with Crippen LogP contribution in [0.2, 0.25) is 5.02 Å². The topological polar surface area (TPSA) is 77.0 Å². The lowest BCUT2D eigenvalue weighted by atomic mass is 10.1. The van der Waals surface area contributed by atoms with Crippen molar-refractivity contribution in [2.24, 2.45) is 5.73 Å². The van der Waals surface area contributed by atoms with Crippen molar-refractivity contribution >= 4 is 17.5 Å². The summed E-state index contributed by atoms with van der Waals surface area (Å²) in [5.41, 5.74) is 7.38. The van der Waals surface area contributed by atoms with Crippen LogP contribution in [0.25, 0.3) is 5.69 Å². The van der Waals surface area contributed by atoms with Crippen molar-refractivity contribution in [1.82, 2.24) is 19.7 Å². The van der Waals surface area contributed by atoms with Crippen LogP contribution in [0.3, 0.4) is 0 Å². The minimum Gasteiger partial charge on any atom is -0.368 e. The Morgan fingerprint density at radius 2 is 2.33 bits per heavy atom. The SMILES string of the molecule is NC(=O)[C@@H]1CCCN1Cc1cc(Cl)ccc1-n1cncn1. The van der Waals surface area contributed by atoms with Gasteiger partial charge in [0.15, 0.2) is 0 Å². The molecule has 0 saturated carbocycles. The summed E-state index contributed by atoms with van der Waals surface area (Å²) in [5, 5.41) is 4.81. The molecule has 6 nitrogen and oxygen atoms in total. The fourth-order valence-electron chi connectivity index (χ4n) is 2.79. The molecule has 0 aliphatic carbocycles. The zero-order valence-corrected chi connectivity index (χ0v) is 12.2. The highest BCUT2D eigenvalue weighted by Crippen LogP contribution is 2.25. The highest BCUT2D eigenvalue weighted by molar-refractivity contribution is 6.30. The van der Waals surface area contributed by atoms with Crippen molar-refractivity contribution in [2.45, 2.75) is 25.4 Å². The van der Waals surface area contributed by atoms with E-state index < -0.39 is 0 Å². The van der Waals surface area contributed by atoms with Crippen LogP contribution in [0.5, 0.6) is 0 Å². The number of amides is 1. The standard InChI is InChI=1S/C14H16ClN5O/c15-11-3-4-12(20-9-17-8-18-20)10(6-11)7-19-5-1-2-13(19)14(16)21/h3-4,6,8-9,13H,1-2,5,7H2,(H2,16,21)/t13-/m0/s1. The molecule has 1 aromatic heterocycles. The number of nitrogens with two attached hydrogens (primary N) is 1.